The second-order valence-corrected chi connectivity index (χ2v) is 5.95. The van der Waals surface area contributed by atoms with Crippen molar-refractivity contribution in [2.45, 2.75) is 60.0 Å². The van der Waals surface area contributed by atoms with Crippen molar-refractivity contribution in [2.75, 3.05) is 6.54 Å². The summed E-state index contributed by atoms with van der Waals surface area (Å²) in [6.07, 6.45) is 1.01. The third kappa shape index (κ3) is 5.00. The van der Waals surface area contributed by atoms with Crippen LogP contribution in [0, 0.1) is 19.8 Å². The minimum Gasteiger partial charge on any atom is -0.466 e. The summed E-state index contributed by atoms with van der Waals surface area (Å²) in [7, 11) is 0. The number of hydrogen-bond acceptors (Lipinski definition) is 3. The lowest BCUT2D eigenvalue weighted by atomic mass is 10.1. The fourth-order valence-corrected chi connectivity index (χ4v) is 2.26. The molecule has 0 saturated carbocycles. The van der Waals surface area contributed by atoms with E-state index in [-0.39, 0.29) is 18.0 Å². The number of furan rings is 1. The molecule has 1 aromatic rings. The fourth-order valence-electron chi connectivity index (χ4n) is 2.26. The SMILES string of the molecule is Cc1cc(C(C)NC(C)C(=O)NCCC(C)C)c(C)o1. The van der Waals surface area contributed by atoms with Crippen LogP contribution < -0.4 is 10.6 Å². The molecule has 0 aromatic carbocycles. The molecule has 20 heavy (non-hydrogen) atoms. The lowest BCUT2D eigenvalue weighted by Crippen LogP contribution is -2.43. The number of carbonyl (C=O) groups excluding carboxylic acids is 1. The van der Waals surface area contributed by atoms with E-state index in [0.717, 1.165) is 30.0 Å². The zero-order valence-corrected chi connectivity index (χ0v) is 13.5. The average molecular weight is 280 g/mol. The second kappa shape index (κ2) is 7.48. The maximum absolute atomic E-state index is 12.0. The predicted octanol–water partition coefficient (Wildman–Crippen LogP) is 3.10. The fraction of sp³-hybridized carbons (Fsp3) is 0.688. The van der Waals surface area contributed by atoms with Gasteiger partial charge in [0.05, 0.1) is 6.04 Å². The van der Waals surface area contributed by atoms with E-state index in [1.807, 2.05) is 26.8 Å². The van der Waals surface area contributed by atoms with Crippen molar-refractivity contribution in [3.63, 3.8) is 0 Å². The van der Waals surface area contributed by atoms with Crippen molar-refractivity contribution >= 4 is 5.91 Å². The van der Waals surface area contributed by atoms with Crippen molar-refractivity contribution in [1.29, 1.82) is 0 Å². The number of amides is 1. The molecule has 0 saturated heterocycles. The van der Waals surface area contributed by atoms with Crippen molar-refractivity contribution in [2.24, 2.45) is 5.92 Å². The third-order valence-electron chi connectivity index (χ3n) is 3.46. The maximum atomic E-state index is 12.0. The summed E-state index contributed by atoms with van der Waals surface area (Å²) in [5, 5.41) is 6.28. The van der Waals surface area contributed by atoms with Crippen LogP contribution in [0.25, 0.3) is 0 Å². The minimum absolute atomic E-state index is 0.0513. The van der Waals surface area contributed by atoms with E-state index in [1.165, 1.54) is 0 Å². The Hall–Kier alpha value is -1.29. The van der Waals surface area contributed by atoms with Crippen LogP contribution in [0.4, 0.5) is 0 Å². The van der Waals surface area contributed by atoms with Gasteiger partial charge in [0.25, 0.3) is 0 Å². The van der Waals surface area contributed by atoms with Crippen molar-refractivity contribution in [1.82, 2.24) is 10.6 Å². The van der Waals surface area contributed by atoms with E-state index >= 15 is 0 Å². The van der Waals surface area contributed by atoms with Crippen molar-refractivity contribution in [3.8, 4) is 0 Å². The molecule has 0 bridgehead atoms. The van der Waals surface area contributed by atoms with E-state index in [1.54, 1.807) is 0 Å². The van der Waals surface area contributed by atoms with E-state index in [9.17, 15) is 4.79 Å². The molecule has 0 aliphatic heterocycles. The van der Waals surface area contributed by atoms with Crippen LogP contribution in [0.3, 0.4) is 0 Å². The minimum atomic E-state index is -0.216. The smallest absolute Gasteiger partial charge is 0.236 e. The summed E-state index contributed by atoms with van der Waals surface area (Å²) in [6.45, 7) is 12.9. The van der Waals surface area contributed by atoms with Gasteiger partial charge < -0.3 is 9.73 Å². The third-order valence-corrected chi connectivity index (χ3v) is 3.46. The zero-order valence-electron chi connectivity index (χ0n) is 13.5. The Kier molecular flexibility index (Phi) is 6.27. The molecule has 2 atom stereocenters. The van der Waals surface area contributed by atoms with Gasteiger partial charge in [0.15, 0.2) is 0 Å². The van der Waals surface area contributed by atoms with Gasteiger partial charge in [-0.25, -0.2) is 0 Å². The summed E-state index contributed by atoms with van der Waals surface area (Å²) in [4.78, 5) is 12.0. The second-order valence-electron chi connectivity index (χ2n) is 5.95. The highest BCUT2D eigenvalue weighted by molar-refractivity contribution is 5.81. The van der Waals surface area contributed by atoms with Crippen LogP contribution >= 0.6 is 0 Å². The molecule has 1 heterocycles. The lowest BCUT2D eigenvalue weighted by Gasteiger charge is -2.19. The Balaban J connectivity index is 2.46. The van der Waals surface area contributed by atoms with E-state index < -0.39 is 0 Å². The van der Waals surface area contributed by atoms with Gasteiger partial charge in [0.2, 0.25) is 5.91 Å². The first-order valence-electron chi connectivity index (χ1n) is 7.42. The van der Waals surface area contributed by atoms with Gasteiger partial charge in [-0.05, 0) is 46.1 Å². The van der Waals surface area contributed by atoms with Gasteiger partial charge in [0, 0.05) is 18.2 Å². The van der Waals surface area contributed by atoms with Gasteiger partial charge in [0.1, 0.15) is 11.5 Å². The first-order valence-corrected chi connectivity index (χ1v) is 7.42. The molecule has 4 heteroatoms. The van der Waals surface area contributed by atoms with Crippen LogP contribution in [0.15, 0.2) is 10.5 Å². The van der Waals surface area contributed by atoms with Gasteiger partial charge in [-0.3, -0.25) is 10.1 Å². The van der Waals surface area contributed by atoms with Crippen molar-refractivity contribution < 1.29 is 9.21 Å². The first kappa shape index (κ1) is 16.8. The molecule has 4 nitrogen and oxygen atoms in total. The molecule has 0 aliphatic rings. The Bertz CT molecular complexity index is 438. The predicted molar refractivity (Wildman–Crippen MR) is 81.7 cm³/mol. The lowest BCUT2D eigenvalue weighted by molar-refractivity contribution is -0.122. The van der Waals surface area contributed by atoms with E-state index in [2.05, 4.69) is 31.4 Å². The number of nitrogens with one attached hydrogen (secondary N) is 2. The van der Waals surface area contributed by atoms with Crippen LogP contribution in [0.2, 0.25) is 0 Å². The standard InChI is InChI=1S/C16H28N2O2/c1-10(2)7-8-17-16(19)13(5)18-12(4)15-9-11(3)20-14(15)6/h9-10,12-13,18H,7-8H2,1-6H3,(H,17,19). The summed E-state index contributed by atoms with van der Waals surface area (Å²) in [5.41, 5.74) is 1.12. The molecular weight excluding hydrogens is 252 g/mol. The highest BCUT2D eigenvalue weighted by Crippen LogP contribution is 2.21. The quantitative estimate of drug-likeness (QED) is 0.807. The van der Waals surface area contributed by atoms with Gasteiger partial charge in [-0.2, -0.15) is 0 Å². The average Bonchev–Trinajstić information content (AvgIpc) is 2.67. The molecule has 1 aromatic heterocycles. The van der Waals surface area contributed by atoms with E-state index in [0.29, 0.717) is 5.92 Å². The summed E-state index contributed by atoms with van der Waals surface area (Å²) < 4.78 is 5.53. The molecule has 114 valence electrons. The molecule has 0 aliphatic carbocycles. The van der Waals surface area contributed by atoms with Gasteiger partial charge >= 0.3 is 0 Å². The molecular formula is C16H28N2O2. The van der Waals surface area contributed by atoms with Gasteiger partial charge in [-0.15, -0.1) is 0 Å². The maximum Gasteiger partial charge on any atom is 0.236 e. The zero-order chi connectivity index (χ0) is 15.3. The highest BCUT2D eigenvalue weighted by Gasteiger charge is 2.18. The molecule has 2 unspecified atom stereocenters. The molecule has 1 amide bonds. The Morgan fingerprint density at radius 3 is 2.40 bits per heavy atom. The summed E-state index contributed by atoms with van der Waals surface area (Å²) >= 11 is 0. The number of carbonyl (C=O) groups is 1. The Morgan fingerprint density at radius 1 is 1.25 bits per heavy atom. The molecule has 0 radical (unpaired) electrons. The van der Waals surface area contributed by atoms with E-state index in [4.69, 9.17) is 4.42 Å². The highest BCUT2D eigenvalue weighted by atomic mass is 16.3. The monoisotopic (exact) mass is 280 g/mol. The molecule has 1 rings (SSSR count). The molecule has 0 spiro atoms. The van der Waals surface area contributed by atoms with Crippen LogP contribution in [0.5, 0.6) is 0 Å². The molecule has 2 N–H and O–H groups in total. The molecule has 0 fully saturated rings. The Labute approximate surface area is 122 Å². The van der Waals surface area contributed by atoms with Crippen LogP contribution in [-0.2, 0) is 4.79 Å². The van der Waals surface area contributed by atoms with Crippen LogP contribution in [0.1, 0.15) is 57.2 Å². The number of hydrogen-bond donors (Lipinski definition) is 2. The number of rotatable bonds is 7. The normalized spacial score (nSPS) is 14.3. The first-order chi connectivity index (χ1) is 9.31. The number of aryl methyl sites for hydroxylation is 2. The van der Waals surface area contributed by atoms with Crippen LogP contribution in [-0.4, -0.2) is 18.5 Å². The summed E-state index contributed by atoms with van der Waals surface area (Å²) in [5.74, 6) is 2.47. The Morgan fingerprint density at radius 2 is 1.90 bits per heavy atom. The van der Waals surface area contributed by atoms with Gasteiger partial charge in [-0.1, -0.05) is 13.8 Å². The summed E-state index contributed by atoms with van der Waals surface area (Å²) in [6, 6.07) is 1.90. The topological polar surface area (TPSA) is 54.3 Å². The van der Waals surface area contributed by atoms with Crippen molar-refractivity contribution in [3.05, 3.63) is 23.2 Å². The largest absolute Gasteiger partial charge is 0.466 e.